The van der Waals surface area contributed by atoms with Crippen LogP contribution >= 0.6 is 0 Å². The molecule has 2 saturated carbocycles. The van der Waals surface area contributed by atoms with Gasteiger partial charge in [-0.2, -0.15) is 0 Å². The Morgan fingerprint density at radius 2 is 2.12 bits per heavy atom. The SMILES string of the molecule is O=C(NO)c1cnc2c(c1)CCN([C@H]1CCC3(CCCCC3)C1)C2. The standard InChI is InChI=1S/C19H27N3O2/c23-18(21-24)15-10-14-5-9-22(13-17(14)20-12-15)16-4-8-19(11-16)6-2-1-3-7-19/h10,12,16,24H,1-9,11,13H2,(H,21,23)/t16-/m0/s1. The normalized spacial score (nSPS) is 26.3. The van der Waals surface area contributed by atoms with Crippen LogP contribution in [0.3, 0.4) is 0 Å². The molecule has 2 heterocycles. The number of nitrogens with one attached hydrogen (secondary N) is 1. The van der Waals surface area contributed by atoms with Gasteiger partial charge in [-0.15, -0.1) is 0 Å². The number of carbonyl (C=O) groups excluding carboxylic acids is 1. The van der Waals surface area contributed by atoms with E-state index in [9.17, 15) is 4.79 Å². The Morgan fingerprint density at radius 3 is 2.92 bits per heavy atom. The predicted octanol–water partition coefficient (Wildman–Crippen LogP) is 3.06. The van der Waals surface area contributed by atoms with Crippen molar-refractivity contribution in [3.05, 3.63) is 29.1 Å². The summed E-state index contributed by atoms with van der Waals surface area (Å²) in [5.41, 5.74) is 5.01. The van der Waals surface area contributed by atoms with Gasteiger partial charge in [0.25, 0.3) is 5.91 Å². The van der Waals surface area contributed by atoms with E-state index in [4.69, 9.17) is 5.21 Å². The van der Waals surface area contributed by atoms with Crippen LogP contribution in [0.4, 0.5) is 0 Å². The molecule has 24 heavy (non-hydrogen) atoms. The number of hydroxylamine groups is 1. The third kappa shape index (κ3) is 2.95. The number of hydrogen-bond donors (Lipinski definition) is 2. The van der Waals surface area contributed by atoms with Crippen molar-refractivity contribution in [1.29, 1.82) is 0 Å². The molecule has 4 rings (SSSR count). The number of rotatable bonds is 2. The van der Waals surface area contributed by atoms with Crippen molar-refractivity contribution in [2.75, 3.05) is 6.54 Å². The van der Waals surface area contributed by atoms with Crippen LogP contribution in [0.15, 0.2) is 12.3 Å². The van der Waals surface area contributed by atoms with Crippen LogP contribution in [0, 0.1) is 5.41 Å². The van der Waals surface area contributed by atoms with E-state index in [0.717, 1.165) is 30.8 Å². The van der Waals surface area contributed by atoms with E-state index < -0.39 is 5.91 Å². The minimum absolute atomic E-state index is 0.437. The minimum Gasteiger partial charge on any atom is -0.294 e. The summed E-state index contributed by atoms with van der Waals surface area (Å²) in [4.78, 5) is 18.6. The molecule has 5 nitrogen and oxygen atoms in total. The van der Waals surface area contributed by atoms with E-state index in [1.807, 2.05) is 6.07 Å². The Kier molecular flexibility index (Phi) is 4.31. The molecule has 0 radical (unpaired) electrons. The molecule has 1 aromatic heterocycles. The molecule has 1 amide bonds. The fourth-order valence-electron chi connectivity index (χ4n) is 5.18. The van der Waals surface area contributed by atoms with Crippen molar-refractivity contribution >= 4 is 5.91 Å². The molecule has 0 unspecified atom stereocenters. The monoisotopic (exact) mass is 329 g/mol. The highest BCUT2D eigenvalue weighted by molar-refractivity contribution is 5.93. The number of hydrogen-bond acceptors (Lipinski definition) is 4. The van der Waals surface area contributed by atoms with Crippen LogP contribution in [-0.2, 0) is 13.0 Å². The quantitative estimate of drug-likeness (QED) is 0.646. The molecule has 1 aliphatic heterocycles. The molecule has 1 spiro atoms. The molecule has 1 aromatic rings. The van der Waals surface area contributed by atoms with E-state index in [0.29, 0.717) is 17.0 Å². The molecule has 5 heteroatoms. The minimum atomic E-state index is -0.484. The van der Waals surface area contributed by atoms with Crippen molar-refractivity contribution in [2.24, 2.45) is 5.41 Å². The Hall–Kier alpha value is -1.46. The number of amides is 1. The number of fused-ring (bicyclic) bond motifs is 1. The fourth-order valence-corrected chi connectivity index (χ4v) is 5.18. The summed E-state index contributed by atoms with van der Waals surface area (Å²) in [6.45, 7) is 1.96. The first kappa shape index (κ1) is 16.0. The summed E-state index contributed by atoms with van der Waals surface area (Å²) in [6.07, 6.45) is 13.8. The van der Waals surface area contributed by atoms with Crippen molar-refractivity contribution in [1.82, 2.24) is 15.4 Å². The van der Waals surface area contributed by atoms with Crippen LogP contribution in [0.1, 0.15) is 73.0 Å². The summed E-state index contributed by atoms with van der Waals surface area (Å²) in [5, 5.41) is 8.76. The van der Waals surface area contributed by atoms with Crippen molar-refractivity contribution < 1.29 is 10.0 Å². The second kappa shape index (κ2) is 6.45. The van der Waals surface area contributed by atoms with Gasteiger partial charge >= 0.3 is 0 Å². The van der Waals surface area contributed by atoms with Crippen LogP contribution in [-0.4, -0.2) is 33.6 Å². The maximum atomic E-state index is 11.5. The van der Waals surface area contributed by atoms with Gasteiger partial charge in [0.05, 0.1) is 11.3 Å². The lowest BCUT2D eigenvalue weighted by atomic mass is 9.73. The molecule has 1 atom stereocenters. The first-order valence-electron chi connectivity index (χ1n) is 9.35. The van der Waals surface area contributed by atoms with Gasteiger partial charge in [-0.05, 0) is 55.6 Å². The predicted molar refractivity (Wildman–Crippen MR) is 90.8 cm³/mol. The lowest BCUT2D eigenvalue weighted by molar-refractivity contribution is 0.0705. The van der Waals surface area contributed by atoms with E-state index >= 15 is 0 Å². The van der Waals surface area contributed by atoms with Gasteiger partial charge in [0.15, 0.2) is 0 Å². The van der Waals surface area contributed by atoms with Gasteiger partial charge in [0.2, 0.25) is 0 Å². The zero-order valence-corrected chi connectivity index (χ0v) is 14.3. The summed E-state index contributed by atoms with van der Waals surface area (Å²) in [5.74, 6) is -0.484. The van der Waals surface area contributed by atoms with Crippen LogP contribution in [0.2, 0.25) is 0 Å². The van der Waals surface area contributed by atoms with Gasteiger partial charge < -0.3 is 0 Å². The van der Waals surface area contributed by atoms with Gasteiger partial charge in [0, 0.05) is 25.3 Å². The number of aromatic nitrogens is 1. The number of pyridine rings is 1. The van der Waals surface area contributed by atoms with E-state index in [2.05, 4.69) is 9.88 Å². The number of carbonyl (C=O) groups is 1. The van der Waals surface area contributed by atoms with Crippen LogP contribution < -0.4 is 5.48 Å². The zero-order chi connectivity index (χ0) is 16.6. The molecule has 0 saturated heterocycles. The average Bonchev–Trinajstić information content (AvgIpc) is 3.04. The molecule has 130 valence electrons. The van der Waals surface area contributed by atoms with Crippen LogP contribution in [0.25, 0.3) is 0 Å². The summed E-state index contributed by atoms with van der Waals surface area (Å²) >= 11 is 0. The maximum absolute atomic E-state index is 11.5. The molecular weight excluding hydrogens is 302 g/mol. The molecule has 2 fully saturated rings. The van der Waals surface area contributed by atoms with Gasteiger partial charge in [-0.1, -0.05) is 19.3 Å². The van der Waals surface area contributed by atoms with Gasteiger partial charge in [-0.25, -0.2) is 5.48 Å². The second-order valence-corrected chi connectivity index (χ2v) is 7.95. The lowest BCUT2D eigenvalue weighted by Crippen LogP contribution is -2.39. The Balaban J connectivity index is 1.44. The molecule has 0 aromatic carbocycles. The van der Waals surface area contributed by atoms with Gasteiger partial charge in [0.1, 0.15) is 0 Å². The number of nitrogens with zero attached hydrogens (tertiary/aromatic N) is 2. The van der Waals surface area contributed by atoms with E-state index in [-0.39, 0.29) is 0 Å². The Labute approximate surface area is 143 Å². The van der Waals surface area contributed by atoms with Crippen LogP contribution in [0.5, 0.6) is 0 Å². The third-order valence-electron chi connectivity index (χ3n) is 6.55. The van der Waals surface area contributed by atoms with Gasteiger partial charge in [-0.3, -0.25) is 19.9 Å². The summed E-state index contributed by atoms with van der Waals surface area (Å²) in [7, 11) is 0. The topological polar surface area (TPSA) is 65.5 Å². The van der Waals surface area contributed by atoms with Crippen molar-refractivity contribution in [2.45, 2.75) is 70.4 Å². The lowest BCUT2D eigenvalue weighted by Gasteiger charge is -2.37. The largest absolute Gasteiger partial charge is 0.294 e. The molecule has 2 aliphatic carbocycles. The zero-order valence-electron chi connectivity index (χ0n) is 14.3. The second-order valence-electron chi connectivity index (χ2n) is 7.95. The Bertz CT molecular complexity index is 625. The van der Waals surface area contributed by atoms with Crippen molar-refractivity contribution in [3.63, 3.8) is 0 Å². The average molecular weight is 329 g/mol. The first-order chi connectivity index (χ1) is 11.7. The van der Waals surface area contributed by atoms with Crippen molar-refractivity contribution in [3.8, 4) is 0 Å². The van der Waals surface area contributed by atoms with E-state index in [1.165, 1.54) is 51.4 Å². The molecule has 0 bridgehead atoms. The maximum Gasteiger partial charge on any atom is 0.276 e. The first-order valence-corrected chi connectivity index (χ1v) is 9.35. The highest BCUT2D eigenvalue weighted by atomic mass is 16.5. The highest BCUT2D eigenvalue weighted by Gasteiger charge is 2.42. The fraction of sp³-hybridized carbons (Fsp3) is 0.684. The van der Waals surface area contributed by atoms with E-state index in [1.54, 1.807) is 11.7 Å². The molecular formula is C19H27N3O2. The molecule has 3 aliphatic rings. The summed E-state index contributed by atoms with van der Waals surface area (Å²) < 4.78 is 0. The third-order valence-corrected chi connectivity index (χ3v) is 6.55. The Morgan fingerprint density at radius 1 is 1.29 bits per heavy atom. The smallest absolute Gasteiger partial charge is 0.276 e. The molecule has 2 N–H and O–H groups in total. The summed E-state index contributed by atoms with van der Waals surface area (Å²) in [6, 6.07) is 2.58. The highest BCUT2D eigenvalue weighted by Crippen LogP contribution is 2.50.